The molecule has 0 bridgehead atoms. The molecule has 0 aliphatic rings. The normalized spacial score (nSPS) is 11.5. The number of aromatic carboxylic acids is 1. The second-order valence-electron chi connectivity index (χ2n) is 7.47. The fourth-order valence-corrected chi connectivity index (χ4v) is 3.59. The van der Waals surface area contributed by atoms with Crippen LogP contribution in [0.5, 0.6) is 0 Å². The summed E-state index contributed by atoms with van der Waals surface area (Å²) in [6.07, 6.45) is -3.08. The smallest absolute Gasteiger partial charge is 0.417 e. The Kier molecular flexibility index (Phi) is 6.49. The van der Waals surface area contributed by atoms with Gasteiger partial charge < -0.3 is 10.4 Å². The maximum Gasteiger partial charge on any atom is 0.417 e. The Hall–Kier alpha value is -3.92. The van der Waals surface area contributed by atoms with Gasteiger partial charge in [-0.2, -0.15) is 18.3 Å². The van der Waals surface area contributed by atoms with Gasteiger partial charge in [-0.05, 0) is 60.7 Å². The van der Waals surface area contributed by atoms with Gasteiger partial charge in [0.25, 0.3) is 0 Å². The van der Waals surface area contributed by atoms with Crippen molar-refractivity contribution in [1.29, 1.82) is 0 Å². The van der Waals surface area contributed by atoms with Crippen LogP contribution in [0.25, 0.3) is 16.9 Å². The van der Waals surface area contributed by atoms with Crippen LogP contribution in [0.2, 0.25) is 5.02 Å². The largest absolute Gasteiger partial charge is 0.478 e. The third kappa shape index (κ3) is 5.27. The molecule has 0 spiro atoms. The molecule has 0 saturated carbocycles. The quantitative estimate of drug-likeness (QED) is 0.282. The number of carboxylic acid groups (broad SMARTS) is 1. The molecule has 5 nitrogen and oxygen atoms in total. The average Bonchev–Trinajstić information content (AvgIpc) is 3.24. The molecule has 2 N–H and O–H groups in total. The predicted octanol–water partition coefficient (Wildman–Crippen LogP) is 6.80. The number of aromatic nitrogens is 2. The molecule has 0 aliphatic heterocycles. The van der Waals surface area contributed by atoms with E-state index in [1.165, 1.54) is 41.1 Å². The van der Waals surface area contributed by atoms with E-state index < -0.39 is 34.4 Å². The van der Waals surface area contributed by atoms with Gasteiger partial charge >= 0.3 is 12.1 Å². The topological polar surface area (TPSA) is 67.2 Å². The third-order valence-electron chi connectivity index (χ3n) is 5.12. The van der Waals surface area contributed by atoms with Crippen molar-refractivity contribution < 1.29 is 31.9 Å². The monoisotopic (exact) mass is 507 g/mol. The lowest BCUT2D eigenvalue weighted by Crippen LogP contribution is -2.07. The second-order valence-corrected chi connectivity index (χ2v) is 7.88. The van der Waals surface area contributed by atoms with E-state index in [4.69, 9.17) is 16.7 Å². The van der Waals surface area contributed by atoms with Gasteiger partial charge in [-0.3, -0.25) is 0 Å². The Bertz CT molecular complexity index is 1400. The van der Waals surface area contributed by atoms with Crippen molar-refractivity contribution in [2.75, 3.05) is 5.32 Å². The van der Waals surface area contributed by atoms with E-state index in [1.54, 1.807) is 6.20 Å². The highest BCUT2D eigenvalue weighted by Gasteiger charge is 2.33. The van der Waals surface area contributed by atoms with E-state index >= 15 is 0 Å². The number of rotatable bonds is 6. The summed E-state index contributed by atoms with van der Waals surface area (Å²) in [5.41, 5.74) is 0.637. The minimum Gasteiger partial charge on any atom is -0.478 e. The van der Waals surface area contributed by atoms with Gasteiger partial charge in [-0.15, -0.1) is 0 Å². The lowest BCUT2D eigenvalue weighted by atomic mass is 10.1. The van der Waals surface area contributed by atoms with E-state index in [1.807, 2.05) is 0 Å². The van der Waals surface area contributed by atoms with Crippen LogP contribution in [-0.2, 0) is 12.7 Å². The Balaban J connectivity index is 1.71. The molecule has 0 amide bonds. The molecule has 3 aromatic carbocycles. The average molecular weight is 508 g/mol. The van der Waals surface area contributed by atoms with Crippen molar-refractivity contribution in [3.63, 3.8) is 0 Å². The zero-order valence-electron chi connectivity index (χ0n) is 17.6. The van der Waals surface area contributed by atoms with Crippen molar-refractivity contribution in [3.05, 3.63) is 100 Å². The molecule has 0 atom stereocenters. The lowest BCUT2D eigenvalue weighted by Gasteiger charge is -2.12. The van der Waals surface area contributed by atoms with E-state index in [2.05, 4.69) is 10.4 Å². The van der Waals surface area contributed by atoms with Gasteiger partial charge in [0.1, 0.15) is 0 Å². The SMILES string of the molecule is O=C(O)c1ccc(-n2cc(CNc3ccc(Cl)c(C(F)(F)F)c3)c(-c3ccc(F)c(F)c3)n2)cc1. The fourth-order valence-electron chi connectivity index (χ4n) is 3.36. The Morgan fingerprint density at radius 2 is 1.71 bits per heavy atom. The Morgan fingerprint density at radius 1 is 1.00 bits per heavy atom. The minimum absolute atomic E-state index is 0.0134. The molecular formula is C24H15ClF5N3O2. The molecule has 0 fully saturated rings. The number of benzene rings is 3. The molecule has 1 heterocycles. The number of nitrogens with one attached hydrogen (secondary N) is 1. The highest BCUT2D eigenvalue weighted by atomic mass is 35.5. The number of carbonyl (C=O) groups is 1. The van der Waals surface area contributed by atoms with Crippen molar-refractivity contribution >= 4 is 23.3 Å². The summed E-state index contributed by atoms with van der Waals surface area (Å²) in [7, 11) is 0. The van der Waals surface area contributed by atoms with Crippen molar-refractivity contribution in [1.82, 2.24) is 9.78 Å². The van der Waals surface area contributed by atoms with E-state index in [0.29, 0.717) is 11.3 Å². The zero-order chi connectivity index (χ0) is 25.3. The third-order valence-corrected chi connectivity index (χ3v) is 5.45. The number of nitrogens with zero attached hydrogens (tertiary/aromatic N) is 2. The first-order valence-electron chi connectivity index (χ1n) is 10.0. The summed E-state index contributed by atoms with van der Waals surface area (Å²) < 4.78 is 68.3. The maximum atomic E-state index is 13.9. The highest BCUT2D eigenvalue weighted by molar-refractivity contribution is 6.31. The summed E-state index contributed by atoms with van der Waals surface area (Å²) in [5.74, 6) is -3.24. The number of alkyl halides is 3. The van der Waals surface area contributed by atoms with Crippen LogP contribution in [0, 0.1) is 11.6 Å². The molecule has 0 aliphatic carbocycles. The number of halogens is 6. The fraction of sp³-hybridized carbons (Fsp3) is 0.0833. The number of hydrogen-bond acceptors (Lipinski definition) is 3. The molecule has 4 rings (SSSR count). The molecule has 180 valence electrons. The molecule has 4 aromatic rings. The molecule has 0 unspecified atom stereocenters. The van der Waals surface area contributed by atoms with Crippen LogP contribution in [0.15, 0.2) is 66.9 Å². The van der Waals surface area contributed by atoms with Crippen LogP contribution in [0.3, 0.4) is 0 Å². The summed E-state index contributed by atoms with van der Waals surface area (Å²) >= 11 is 5.67. The van der Waals surface area contributed by atoms with Gasteiger partial charge in [0.15, 0.2) is 11.6 Å². The summed E-state index contributed by atoms with van der Waals surface area (Å²) in [6, 6.07) is 12.4. The summed E-state index contributed by atoms with van der Waals surface area (Å²) in [6.45, 7) is -0.0134. The molecular weight excluding hydrogens is 493 g/mol. The first-order valence-corrected chi connectivity index (χ1v) is 10.4. The molecule has 0 saturated heterocycles. The van der Waals surface area contributed by atoms with Gasteiger partial charge in [0, 0.05) is 29.6 Å². The zero-order valence-corrected chi connectivity index (χ0v) is 18.3. The Labute approximate surface area is 200 Å². The molecule has 0 radical (unpaired) electrons. The van der Waals surface area contributed by atoms with E-state index in [0.717, 1.165) is 24.3 Å². The van der Waals surface area contributed by atoms with Gasteiger partial charge in [0.05, 0.1) is 27.5 Å². The van der Waals surface area contributed by atoms with Crippen molar-refractivity contribution in [2.24, 2.45) is 0 Å². The first-order chi connectivity index (χ1) is 16.5. The maximum absolute atomic E-state index is 13.9. The van der Waals surface area contributed by atoms with Crippen molar-refractivity contribution in [2.45, 2.75) is 12.7 Å². The first kappa shape index (κ1) is 24.2. The molecule has 35 heavy (non-hydrogen) atoms. The van der Waals surface area contributed by atoms with Gasteiger partial charge in [-0.1, -0.05) is 11.6 Å². The van der Waals surface area contributed by atoms with Crippen LogP contribution in [0.1, 0.15) is 21.5 Å². The van der Waals surface area contributed by atoms with Crippen LogP contribution in [-0.4, -0.2) is 20.9 Å². The van der Waals surface area contributed by atoms with E-state index in [-0.39, 0.29) is 29.1 Å². The van der Waals surface area contributed by atoms with Crippen LogP contribution in [0.4, 0.5) is 27.6 Å². The molecule has 11 heteroatoms. The summed E-state index contributed by atoms with van der Waals surface area (Å²) in [4.78, 5) is 11.1. The van der Waals surface area contributed by atoms with Crippen LogP contribution < -0.4 is 5.32 Å². The van der Waals surface area contributed by atoms with Gasteiger partial charge in [0.2, 0.25) is 0 Å². The van der Waals surface area contributed by atoms with E-state index in [9.17, 15) is 26.7 Å². The number of hydrogen-bond donors (Lipinski definition) is 2. The Morgan fingerprint density at radius 3 is 2.34 bits per heavy atom. The van der Waals surface area contributed by atoms with Gasteiger partial charge in [-0.25, -0.2) is 18.3 Å². The standard InChI is InChI=1S/C24H15ClF5N3O2/c25-19-7-4-16(10-18(19)24(28,29)30)31-11-15-12-33(17-5-1-13(2-6-17)23(34)35)32-22(15)14-3-8-20(26)21(27)9-14/h1-10,12,31H,11H2,(H,34,35). The number of carboxylic acids is 1. The van der Waals surface area contributed by atoms with Crippen LogP contribution >= 0.6 is 11.6 Å². The molecule has 1 aromatic heterocycles. The van der Waals surface area contributed by atoms with Crippen molar-refractivity contribution in [3.8, 4) is 16.9 Å². The number of anilines is 1. The highest BCUT2D eigenvalue weighted by Crippen LogP contribution is 2.36. The predicted molar refractivity (Wildman–Crippen MR) is 120 cm³/mol. The second kappa shape index (κ2) is 9.38. The lowest BCUT2D eigenvalue weighted by molar-refractivity contribution is -0.137. The minimum atomic E-state index is -4.64. The summed E-state index contributed by atoms with van der Waals surface area (Å²) in [5, 5.41) is 15.9.